The molecule has 2 aromatic rings. The van der Waals surface area contributed by atoms with E-state index in [0.717, 1.165) is 23.4 Å². The van der Waals surface area contributed by atoms with Gasteiger partial charge in [0, 0.05) is 18.9 Å². The zero-order chi connectivity index (χ0) is 15.5. The van der Waals surface area contributed by atoms with Crippen LogP contribution >= 0.6 is 0 Å². The van der Waals surface area contributed by atoms with Crippen LogP contribution in [0.3, 0.4) is 0 Å². The SMILES string of the molecule is CCC1CN(C(=O)c2cccnc2)c2ccc(CN)cc2O1. The normalized spacial score (nSPS) is 16.8. The Morgan fingerprint density at radius 3 is 3.00 bits per heavy atom. The predicted molar refractivity (Wildman–Crippen MR) is 85.0 cm³/mol. The lowest BCUT2D eigenvalue weighted by Gasteiger charge is -2.34. The van der Waals surface area contributed by atoms with Gasteiger partial charge in [-0.2, -0.15) is 0 Å². The number of hydrogen-bond acceptors (Lipinski definition) is 4. The molecule has 1 amide bonds. The highest BCUT2D eigenvalue weighted by Crippen LogP contribution is 2.35. The van der Waals surface area contributed by atoms with Crippen molar-refractivity contribution >= 4 is 11.6 Å². The fourth-order valence-electron chi connectivity index (χ4n) is 2.57. The predicted octanol–water partition coefficient (Wildman–Crippen LogP) is 2.36. The van der Waals surface area contributed by atoms with Crippen LogP contribution in [0.5, 0.6) is 5.75 Å². The third-order valence-corrected chi connectivity index (χ3v) is 3.84. The van der Waals surface area contributed by atoms with Crippen LogP contribution in [0.15, 0.2) is 42.7 Å². The van der Waals surface area contributed by atoms with Crippen molar-refractivity contribution in [2.45, 2.75) is 26.0 Å². The van der Waals surface area contributed by atoms with Crippen LogP contribution in [0, 0.1) is 0 Å². The lowest BCUT2D eigenvalue weighted by Crippen LogP contribution is -2.43. The molecule has 2 heterocycles. The molecular weight excluding hydrogens is 278 g/mol. The second kappa shape index (κ2) is 6.15. The van der Waals surface area contributed by atoms with Gasteiger partial charge >= 0.3 is 0 Å². The number of nitrogens with zero attached hydrogens (tertiary/aromatic N) is 2. The van der Waals surface area contributed by atoms with Crippen molar-refractivity contribution in [3.8, 4) is 5.75 Å². The molecule has 0 aliphatic carbocycles. The van der Waals surface area contributed by atoms with Crippen LogP contribution < -0.4 is 15.4 Å². The first-order valence-corrected chi connectivity index (χ1v) is 7.44. The van der Waals surface area contributed by atoms with E-state index in [1.807, 2.05) is 18.2 Å². The Kier molecular flexibility index (Phi) is 4.06. The first kappa shape index (κ1) is 14.5. The molecule has 5 nitrogen and oxygen atoms in total. The van der Waals surface area contributed by atoms with E-state index in [4.69, 9.17) is 10.5 Å². The Morgan fingerprint density at radius 2 is 2.32 bits per heavy atom. The number of ether oxygens (including phenoxy) is 1. The molecule has 1 unspecified atom stereocenters. The number of rotatable bonds is 3. The number of benzene rings is 1. The minimum atomic E-state index is -0.0587. The van der Waals surface area contributed by atoms with E-state index in [1.165, 1.54) is 0 Å². The number of hydrogen-bond donors (Lipinski definition) is 1. The quantitative estimate of drug-likeness (QED) is 0.944. The highest BCUT2D eigenvalue weighted by atomic mass is 16.5. The van der Waals surface area contributed by atoms with Crippen molar-refractivity contribution in [1.29, 1.82) is 0 Å². The summed E-state index contributed by atoms with van der Waals surface area (Å²) in [4.78, 5) is 18.6. The lowest BCUT2D eigenvalue weighted by atomic mass is 10.1. The Bertz CT molecular complexity index is 673. The molecule has 1 aromatic heterocycles. The van der Waals surface area contributed by atoms with E-state index < -0.39 is 0 Å². The summed E-state index contributed by atoms with van der Waals surface area (Å²) in [6.45, 7) is 3.04. The summed E-state index contributed by atoms with van der Waals surface area (Å²) in [6.07, 6.45) is 4.07. The molecular formula is C17H19N3O2. The molecule has 0 bridgehead atoms. The van der Waals surface area contributed by atoms with Crippen molar-refractivity contribution in [3.63, 3.8) is 0 Å². The molecule has 1 aromatic carbocycles. The Labute approximate surface area is 129 Å². The number of pyridine rings is 1. The van der Waals surface area contributed by atoms with Crippen molar-refractivity contribution in [1.82, 2.24) is 4.98 Å². The molecule has 0 fully saturated rings. The molecule has 5 heteroatoms. The number of anilines is 1. The Morgan fingerprint density at radius 1 is 1.45 bits per heavy atom. The topological polar surface area (TPSA) is 68.5 Å². The molecule has 114 valence electrons. The third kappa shape index (κ3) is 2.67. The molecule has 0 saturated carbocycles. The minimum Gasteiger partial charge on any atom is -0.486 e. The molecule has 1 atom stereocenters. The maximum absolute atomic E-state index is 12.8. The molecule has 0 radical (unpaired) electrons. The molecule has 0 saturated heterocycles. The maximum Gasteiger partial charge on any atom is 0.260 e. The van der Waals surface area contributed by atoms with Crippen LogP contribution in [-0.2, 0) is 6.54 Å². The Hall–Kier alpha value is -2.40. The lowest BCUT2D eigenvalue weighted by molar-refractivity contribution is 0.0954. The van der Waals surface area contributed by atoms with Gasteiger partial charge in [-0.05, 0) is 36.2 Å². The molecule has 2 N–H and O–H groups in total. The molecule has 22 heavy (non-hydrogen) atoms. The van der Waals surface area contributed by atoms with Crippen LogP contribution in [0.4, 0.5) is 5.69 Å². The second-order valence-corrected chi connectivity index (χ2v) is 5.31. The first-order chi connectivity index (χ1) is 10.7. The molecule has 1 aliphatic heterocycles. The van der Waals surface area contributed by atoms with Gasteiger partial charge in [0.05, 0.1) is 17.8 Å². The average Bonchev–Trinajstić information content (AvgIpc) is 2.60. The van der Waals surface area contributed by atoms with Gasteiger partial charge in [-0.3, -0.25) is 9.78 Å². The summed E-state index contributed by atoms with van der Waals surface area (Å²) in [5.41, 5.74) is 8.05. The smallest absolute Gasteiger partial charge is 0.260 e. The standard InChI is InChI=1S/C17H19N3O2/c1-2-14-11-20(17(21)13-4-3-7-19-10-13)15-6-5-12(9-18)8-16(15)22-14/h3-8,10,14H,2,9,11,18H2,1H3. The molecule has 1 aliphatic rings. The highest BCUT2D eigenvalue weighted by Gasteiger charge is 2.29. The van der Waals surface area contributed by atoms with Gasteiger partial charge in [0.1, 0.15) is 11.9 Å². The van der Waals surface area contributed by atoms with Crippen molar-refractivity contribution in [2.75, 3.05) is 11.4 Å². The fourth-order valence-corrected chi connectivity index (χ4v) is 2.57. The number of nitrogens with two attached hydrogens (primary N) is 1. The van der Waals surface area contributed by atoms with E-state index in [2.05, 4.69) is 11.9 Å². The number of carbonyl (C=O) groups is 1. The van der Waals surface area contributed by atoms with Gasteiger partial charge in [-0.15, -0.1) is 0 Å². The third-order valence-electron chi connectivity index (χ3n) is 3.84. The van der Waals surface area contributed by atoms with E-state index in [-0.39, 0.29) is 12.0 Å². The molecule has 3 rings (SSSR count). The van der Waals surface area contributed by atoms with E-state index in [9.17, 15) is 4.79 Å². The number of carbonyl (C=O) groups excluding carboxylic acids is 1. The van der Waals surface area contributed by atoms with Gasteiger partial charge in [0.2, 0.25) is 0 Å². The van der Waals surface area contributed by atoms with Gasteiger partial charge in [0.15, 0.2) is 0 Å². The number of amides is 1. The van der Waals surface area contributed by atoms with E-state index >= 15 is 0 Å². The maximum atomic E-state index is 12.8. The number of aromatic nitrogens is 1. The van der Waals surface area contributed by atoms with Crippen molar-refractivity contribution < 1.29 is 9.53 Å². The largest absolute Gasteiger partial charge is 0.486 e. The van der Waals surface area contributed by atoms with Gasteiger partial charge < -0.3 is 15.4 Å². The van der Waals surface area contributed by atoms with Gasteiger partial charge in [-0.1, -0.05) is 13.0 Å². The van der Waals surface area contributed by atoms with E-state index in [0.29, 0.717) is 18.7 Å². The van der Waals surface area contributed by atoms with E-state index in [1.54, 1.807) is 29.4 Å². The minimum absolute atomic E-state index is 0.0128. The fraction of sp³-hybridized carbons (Fsp3) is 0.294. The number of fused-ring (bicyclic) bond motifs is 1. The van der Waals surface area contributed by atoms with Crippen LogP contribution in [-0.4, -0.2) is 23.5 Å². The van der Waals surface area contributed by atoms with Gasteiger partial charge in [0.25, 0.3) is 5.91 Å². The summed E-state index contributed by atoms with van der Waals surface area (Å²) >= 11 is 0. The monoisotopic (exact) mass is 297 g/mol. The van der Waals surface area contributed by atoms with Crippen LogP contribution in [0.25, 0.3) is 0 Å². The Balaban J connectivity index is 1.99. The van der Waals surface area contributed by atoms with Crippen LogP contribution in [0.2, 0.25) is 0 Å². The summed E-state index contributed by atoms with van der Waals surface area (Å²) in [6, 6.07) is 9.29. The van der Waals surface area contributed by atoms with Gasteiger partial charge in [-0.25, -0.2) is 0 Å². The van der Waals surface area contributed by atoms with Crippen molar-refractivity contribution in [2.24, 2.45) is 5.73 Å². The summed E-state index contributed by atoms with van der Waals surface area (Å²) in [7, 11) is 0. The summed E-state index contributed by atoms with van der Waals surface area (Å²) in [5.74, 6) is 0.662. The zero-order valence-electron chi connectivity index (χ0n) is 12.5. The second-order valence-electron chi connectivity index (χ2n) is 5.31. The average molecular weight is 297 g/mol. The summed E-state index contributed by atoms with van der Waals surface area (Å²) in [5, 5.41) is 0. The summed E-state index contributed by atoms with van der Waals surface area (Å²) < 4.78 is 5.97. The highest BCUT2D eigenvalue weighted by molar-refractivity contribution is 6.07. The van der Waals surface area contributed by atoms with Crippen molar-refractivity contribution in [3.05, 3.63) is 53.9 Å². The molecule has 0 spiro atoms. The zero-order valence-corrected chi connectivity index (χ0v) is 12.5. The first-order valence-electron chi connectivity index (χ1n) is 7.44. The van der Waals surface area contributed by atoms with Crippen LogP contribution in [0.1, 0.15) is 29.3 Å².